The highest BCUT2D eigenvalue weighted by molar-refractivity contribution is 8.00. The molecule has 0 aliphatic carbocycles. The molecule has 1 saturated heterocycles. The van der Waals surface area contributed by atoms with Crippen LogP contribution in [0, 0.1) is 0 Å². The van der Waals surface area contributed by atoms with Crippen LogP contribution in [0.3, 0.4) is 0 Å². The van der Waals surface area contributed by atoms with Crippen LogP contribution in [0.25, 0.3) is 0 Å². The molecule has 5 nitrogen and oxygen atoms in total. The summed E-state index contributed by atoms with van der Waals surface area (Å²) in [6, 6.07) is 8.63. The lowest BCUT2D eigenvalue weighted by Crippen LogP contribution is -2.39. The maximum absolute atomic E-state index is 4.32. The van der Waals surface area contributed by atoms with E-state index in [1.165, 1.54) is 29.7 Å². The Labute approximate surface area is 148 Å². The number of guanidine groups is 1. The highest BCUT2D eigenvalue weighted by Crippen LogP contribution is 2.25. The third kappa shape index (κ3) is 5.03. The summed E-state index contributed by atoms with van der Waals surface area (Å²) in [5.74, 6) is 2.17. The van der Waals surface area contributed by atoms with Crippen molar-refractivity contribution in [3.8, 4) is 0 Å². The van der Waals surface area contributed by atoms with Gasteiger partial charge in [-0.3, -0.25) is 4.99 Å². The van der Waals surface area contributed by atoms with Crippen LogP contribution in [0.15, 0.2) is 48.0 Å². The minimum absolute atomic E-state index is 0.724. The number of rotatable bonds is 6. The third-order valence-electron chi connectivity index (χ3n) is 4.12. The summed E-state index contributed by atoms with van der Waals surface area (Å²) in [5, 5.41) is 7.57. The van der Waals surface area contributed by atoms with Crippen LogP contribution in [0.2, 0.25) is 0 Å². The molecule has 1 aliphatic heterocycles. The topological polar surface area (TPSA) is 54.2 Å². The first-order valence-corrected chi connectivity index (χ1v) is 9.48. The largest absolute Gasteiger partial charge is 0.355 e. The number of hydrogen-bond donors (Lipinski definition) is 2. The van der Waals surface area contributed by atoms with Gasteiger partial charge in [0.1, 0.15) is 0 Å². The maximum atomic E-state index is 4.32. The molecule has 1 atom stereocenters. The van der Waals surface area contributed by atoms with Gasteiger partial charge in [-0.1, -0.05) is 24.3 Å². The van der Waals surface area contributed by atoms with Crippen molar-refractivity contribution in [2.75, 3.05) is 19.3 Å². The number of nitrogens with one attached hydrogen (secondary N) is 2. The molecule has 2 N–H and O–H groups in total. The van der Waals surface area contributed by atoms with Gasteiger partial charge in [-0.05, 0) is 29.7 Å². The minimum atomic E-state index is 0.724. The van der Waals surface area contributed by atoms with Gasteiger partial charge in [-0.15, -0.1) is 0 Å². The van der Waals surface area contributed by atoms with E-state index < -0.39 is 0 Å². The molecule has 1 fully saturated rings. The Morgan fingerprint density at radius 2 is 2.29 bits per heavy atom. The smallest absolute Gasteiger partial charge is 0.191 e. The van der Waals surface area contributed by atoms with E-state index in [0.717, 1.165) is 30.8 Å². The lowest BCUT2D eigenvalue weighted by molar-refractivity contribution is 0.725. The number of hydrogen-bond acceptors (Lipinski definition) is 3. The standard InChI is InChI=1S/C18H25N5S/c1-19-18(22-12-17-6-3-9-24-17)21-11-15-4-2-5-16(10-15)13-23-8-7-20-14-23/h2,4-5,7-8,10,14,17H,3,6,9,11-13H2,1H3,(H2,19,21,22). The Hall–Kier alpha value is -1.95. The van der Waals surface area contributed by atoms with E-state index in [1.54, 1.807) is 0 Å². The number of nitrogens with zero attached hydrogens (tertiary/aromatic N) is 3. The Balaban J connectivity index is 1.49. The molecule has 1 aromatic carbocycles. The van der Waals surface area contributed by atoms with Gasteiger partial charge in [0.15, 0.2) is 5.96 Å². The van der Waals surface area contributed by atoms with Crippen molar-refractivity contribution in [3.05, 3.63) is 54.1 Å². The second kappa shape index (κ2) is 8.78. The summed E-state index contributed by atoms with van der Waals surface area (Å²) in [5.41, 5.74) is 2.53. The van der Waals surface area contributed by atoms with E-state index in [2.05, 4.69) is 61.2 Å². The summed E-state index contributed by atoms with van der Waals surface area (Å²) in [6.45, 7) is 2.61. The summed E-state index contributed by atoms with van der Waals surface area (Å²) in [7, 11) is 1.83. The summed E-state index contributed by atoms with van der Waals surface area (Å²) < 4.78 is 2.08. The average Bonchev–Trinajstić information content (AvgIpc) is 3.29. The quantitative estimate of drug-likeness (QED) is 0.625. The van der Waals surface area contributed by atoms with Gasteiger partial charge in [0.25, 0.3) is 0 Å². The lowest BCUT2D eigenvalue weighted by atomic mass is 10.1. The molecule has 0 bridgehead atoms. The fourth-order valence-corrected chi connectivity index (χ4v) is 4.05. The maximum Gasteiger partial charge on any atom is 0.191 e. The molecule has 0 saturated carbocycles. The molecule has 0 spiro atoms. The van der Waals surface area contributed by atoms with Gasteiger partial charge < -0.3 is 15.2 Å². The highest BCUT2D eigenvalue weighted by Gasteiger charge is 2.15. The molecule has 24 heavy (non-hydrogen) atoms. The lowest BCUT2D eigenvalue weighted by Gasteiger charge is -2.15. The molecule has 3 rings (SSSR count). The molecule has 0 radical (unpaired) electrons. The molecule has 128 valence electrons. The van der Waals surface area contributed by atoms with Crippen molar-refractivity contribution in [2.24, 2.45) is 4.99 Å². The normalized spacial score (nSPS) is 17.9. The van der Waals surface area contributed by atoms with Crippen molar-refractivity contribution >= 4 is 17.7 Å². The first-order valence-electron chi connectivity index (χ1n) is 8.43. The van der Waals surface area contributed by atoms with Crippen LogP contribution in [-0.2, 0) is 13.1 Å². The molecule has 1 aromatic heterocycles. The van der Waals surface area contributed by atoms with Gasteiger partial charge in [0.05, 0.1) is 6.33 Å². The van der Waals surface area contributed by atoms with E-state index in [-0.39, 0.29) is 0 Å². The summed E-state index contributed by atoms with van der Waals surface area (Å²) in [4.78, 5) is 8.41. The molecule has 1 unspecified atom stereocenters. The van der Waals surface area contributed by atoms with Crippen LogP contribution in [0.5, 0.6) is 0 Å². The Morgan fingerprint density at radius 1 is 1.38 bits per heavy atom. The van der Waals surface area contributed by atoms with Crippen LogP contribution >= 0.6 is 11.8 Å². The zero-order valence-corrected chi connectivity index (χ0v) is 14.9. The minimum Gasteiger partial charge on any atom is -0.355 e. The molecule has 2 heterocycles. The third-order valence-corrected chi connectivity index (χ3v) is 5.52. The highest BCUT2D eigenvalue weighted by atomic mass is 32.2. The predicted octanol–water partition coefficient (Wildman–Crippen LogP) is 2.49. The number of benzene rings is 1. The van der Waals surface area contributed by atoms with Gasteiger partial charge in [0.2, 0.25) is 0 Å². The summed E-state index contributed by atoms with van der Waals surface area (Å²) in [6.07, 6.45) is 8.29. The first-order chi connectivity index (χ1) is 11.8. The monoisotopic (exact) mass is 343 g/mol. The SMILES string of the molecule is CN=C(NCc1cccc(Cn2ccnc2)c1)NCC1CCCS1. The van der Waals surface area contributed by atoms with Crippen LogP contribution in [0.1, 0.15) is 24.0 Å². The number of thioether (sulfide) groups is 1. The van der Waals surface area contributed by atoms with Crippen LogP contribution < -0.4 is 10.6 Å². The van der Waals surface area contributed by atoms with E-state index in [1.807, 2.05) is 25.8 Å². The molecular weight excluding hydrogens is 318 g/mol. The van der Waals surface area contributed by atoms with Crippen molar-refractivity contribution in [1.29, 1.82) is 0 Å². The van der Waals surface area contributed by atoms with Crippen LogP contribution in [-0.4, -0.2) is 40.1 Å². The fourth-order valence-electron chi connectivity index (χ4n) is 2.85. The second-order valence-corrected chi connectivity index (χ2v) is 7.40. The van der Waals surface area contributed by atoms with Crippen LogP contribution in [0.4, 0.5) is 0 Å². The van der Waals surface area contributed by atoms with Crippen molar-refractivity contribution in [3.63, 3.8) is 0 Å². The zero-order chi connectivity index (χ0) is 16.6. The van der Waals surface area contributed by atoms with E-state index in [0.29, 0.717) is 0 Å². The summed E-state index contributed by atoms with van der Waals surface area (Å²) >= 11 is 2.06. The van der Waals surface area contributed by atoms with Crippen molar-refractivity contribution in [1.82, 2.24) is 20.2 Å². The number of imidazole rings is 1. The first kappa shape index (κ1) is 16.9. The molecular formula is C18H25N5S. The predicted molar refractivity (Wildman–Crippen MR) is 101 cm³/mol. The molecule has 2 aromatic rings. The van der Waals surface area contributed by atoms with E-state index in [9.17, 15) is 0 Å². The molecule has 0 amide bonds. The number of aromatic nitrogens is 2. The Bertz CT molecular complexity index is 647. The van der Waals surface area contributed by atoms with E-state index in [4.69, 9.17) is 0 Å². The molecule has 6 heteroatoms. The van der Waals surface area contributed by atoms with E-state index >= 15 is 0 Å². The van der Waals surface area contributed by atoms with Gasteiger partial charge >= 0.3 is 0 Å². The fraction of sp³-hybridized carbons (Fsp3) is 0.444. The Morgan fingerprint density at radius 3 is 3.04 bits per heavy atom. The van der Waals surface area contributed by atoms with Gasteiger partial charge in [0, 0.05) is 44.3 Å². The van der Waals surface area contributed by atoms with Gasteiger partial charge in [-0.25, -0.2) is 4.98 Å². The van der Waals surface area contributed by atoms with Crippen molar-refractivity contribution in [2.45, 2.75) is 31.2 Å². The van der Waals surface area contributed by atoms with Gasteiger partial charge in [-0.2, -0.15) is 11.8 Å². The average molecular weight is 344 g/mol. The Kier molecular flexibility index (Phi) is 6.18. The van der Waals surface area contributed by atoms with Crippen molar-refractivity contribution < 1.29 is 0 Å². The number of aliphatic imine (C=N–C) groups is 1. The zero-order valence-electron chi connectivity index (χ0n) is 14.1. The molecule has 1 aliphatic rings. The second-order valence-electron chi connectivity index (χ2n) is 6.00.